The summed E-state index contributed by atoms with van der Waals surface area (Å²) in [5.41, 5.74) is 0. The van der Waals surface area contributed by atoms with E-state index >= 15 is 0 Å². The number of amides is 1. The van der Waals surface area contributed by atoms with Gasteiger partial charge in [-0.2, -0.15) is 0 Å². The third-order valence-corrected chi connectivity index (χ3v) is 2.36. The predicted octanol–water partition coefficient (Wildman–Crippen LogP) is 2.15. The Morgan fingerprint density at radius 2 is 2.00 bits per heavy atom. The number of nitrogens with one attached hydrogen (secondary N) is 1. The first kappa shape index (κ1) is 11.5. The molecule has 0 aliphatic rings. The van der Waals surface area contributed by atoms with Gasteiger partial charge >= 0.3 is 0 Å². The van der Waals surface area contributed by atoms with Gasteiger partial charge in [-0.15, -0.1) is 0 Å². The number of carbonyl (C=O) groups is 1. The molecule has 0 bridgehead atoms. The summed E-state index contributed by atoms with van der Waals surface area (Å²) in [5, 5.41) is 2.97. The highest BCUT2D eigenvalue weighted by atomic mass is 16.1. The van der Waals surface area contributed by atoms with Crippen LogP contribution in [0.1, 0.15) is 40.5 Å². The van der Waals surface area contributed by atoms with Crippen LogP contribution < -0.4 is 5.32 Å². The molecular weight excluding hydrogens is 150 g/mol. The predicted molar refractivity (Wildman–Crippen MR) is 51.7 cm³/mol. The quantitative estimate of drug-likeness (QED) is 0.673. The maximum atomic E-state index is 11.0. The van der Waals surface area contributed by atoms with E-state index in [0.29, 0.717) is 12.0 Å². The molecule has 1 radical (unpaired) electrons. The van der Waals surface area contributed by atoms with Gasteiger partial charge in [0.25, 0.3) is 0 Å². The first-order valence-corrected chi connectivity index (χ1v) is 4.75. The normalized spacial score (nSPS) is 15.3. The third kappa shape index (κ3) is 3.74. The highest BCUT2D eigenvalue weighted by Crippen LogP contribution is 2.10. The Bertz CT molecular complexity index is 134. The minimum atomic E-state index is 0.0437. The molecule has 0 aliphatic carbocycles. The Morgan fingerprint density at radius 1 is 1.42 bits per heavy atom. The molecule has 2 atom stereocenters. The molecule has 0 saturated heterocycles. The molecule has 0 rings (SSSR count). The summed E-state index contributed by atoms with van der Waals surface area (Å²) < 4.78 is 0. The number of rotatable bonds is 5. The Hall–Kier alpha value is -0.530. The second kappa shape index (κ2) is 6.04. The average molecular weight is 170 g/mol. The van der Waals surface area contributed by atoms with Gasteiger partial charge in [0, 0.05) is 12.5 Å². The molecule has 0 aromatic heterocycles. The van der Waals surface area contributed by atoms with E-state index in [1.54, 1.807) is 13.3 Å². The maximum absolute atomic E-state index is 11.0. The SMILES string of the molecule is C[CH]C(=O)NC(CC)C(C)CC. The van der Waals surface area contributed by atoms with Crippen molar-refractivity contribution in [3.63, 3.8) is 0 Å². The summed E-state index contributed by atoms with van der Waals surface area (Å²) in [6.45, 7) is 8.19. The Kier molecular flexibility index (Phi) is 5.77. The minimum Gasteiger partial charge on any atom is -0.353 e. The monoisotopic (exact) mass is 170 g/mol. The smallest absolute Gasteiger partial charge is 0.223 e. The van der Waals surface area contributed by atoms with Crippen LogP contribution in [0.2, 0.25) is 0 Å². The van der Waals surface area contributed by atoms with Crippen LogP contribution in [0.5, 0.6) is 0 Å². The van der Waals surface area contributed by atoms with E-state index in [2.05, 4.69) is 26.1 Å². The second-order valence-corrected chi connectivity index (χ2v) is 3.20. The molecule has 12 heavy (non-hydrogen) atoms. The molecule has 0 saturated carbocycles. The highest BCUT2D eigenvalue weighted by Gasteiger charge is 2.14. The molecule has 0 fully saturated rings. The lowest BCUT2D eigenvalue weighted by Gasteiger charge is -2.22. The van der Waals surface area contributed by atoms with Crippen LogP contribution in [0.15, 0.2) is 0 Å². The Balaban J connectivity index is 3.90. The van der Waals surface area contributed by atoms with Gasteiger partial charge in [-0.05, 0) is 12.3 Å². The van der Waals surface area contributed by atoms with Crippen molar-refractivity contribution in [2.75, 3.05) is 0 Å². The summed E-state index contributed by atoms with van der Waals surface area (Å²) in [6.07, 6.45) is 3.70. The van der Waals surface area contributed by atoms with Gasteiger partial charge in [0.1, 0.15) is 0 Å². The van der Waals surface area contributed by atoms with Crippen molar-refractivity contribution in [2.24, 2.45) is 5.92 Å². The van der Waals surface area contributed by atoms with Gasteiger partial charge < -0.3 is 5.32 Å². The van der Waals surface area contributed by atoms with Crippen molar-refractivity contribution >= 4 is 5.91 Å². The van der Waals surface area contributed by atoms with Crippen molar-refractivity contribution in [2.45, 2.75) is 46.6 Å². The van der Waals surface area contributed by atoms with Crippen molar-refractivity contribution in [3.05, 3.63) is 6.42 Å². The van der Waals surface area contributed by atoms with Gasteiger partial charge in [0.05, 0.1) is 0 Å². The van der Waals surface area contributed by atoms with Crippen LogP contribution in [0.25, 0.3) is 0 Å². The number of hydrogen-bond acceptors (Lipinski definition) is 1. The maximum Gasteiger partial charge on any atom is 0.223 e. The number of hydrogen-bond donors (Lipinski definition) is 1. The summed E-state index contributed by atoms with van der Waals surface area (Å²) >= 11 is 0. The van der Waals surface area contributed by atoms with Gasteiger partial charge in [-0.25, -0.2) is 0 Å². The largest absolute Gasteiger partial charge is 0.353 e. The zero-order valence-corrected chi connectivity index (χ0v) is 8.55. The molecule has 0 aromatic carbocycles. The van der Waals surface area contributed by atoms with E-state index in [4.69, 9.17) is 0 Å². The topological polar surface area (TPSA) is 29.1 Å². The second-order valence-electron chi connectivity index (χ2n) is 3.20. The summed E-state index contributed by atoms with van der Waals surface area (Å²) in [6, 6.07) is 0.332. The van der Waals surface area contributed by atoms with Crippen LogP contribution in [0.3, 0.4) is 0 Å². The highest BCUT2D eigenvalue weighted by molar-refractivity contribution is 5.84. The molecular formula is C10H20NO. The minimum absolute atomic E-state index is 0.0437. The first-order valence-electron chi connectivity index (χ1n) is 4.75. The van der Waals surface area contributed by atoms with Crippen molar-refractivity contribution in [1.82, 2.24) is 5.32 Å². The van der Waals surface area contributed by atoms with E-state index in [9.17, 15) is 4.79 Å². The lowest BCUT2D eigenvalue weighted by Crippen LogP contribution is -2.38. The van der Waals surface area contributed by atoms with Crippen LogP contribution >= 0.6 is 0 Å². The van der Waals surface area contributed by atoms with Gasteiger partial charge in [0.15, 0.2) is 0 Å². The lowest BCUT2D eigenvalue weighted by atomic mass is 9.97. The molecule has 0 heterocycles. The van der Waals surface area contributed by atoms with Gasteiger partial charge in [0.2, 0.25) is 5.91 Å². The summed E-state index contributed by atoms with van der Waals surface area (Å²) in [5.74, 6) is 0.612. The Labute approximate surface area is 75.7 Å². The molecule has 1 amide bonds. The zero-order chi connectivity index (χ0) is 9.56. The summed E-state index contributed by atoms with van der Waals surface area (Å²) in [7, 11) is 0. The fraction of sp³-hybridized carbons (Fsp3) is 0.800. The van der Waals surface area contributed by atoms with Gasteiger partial charge in [-0.3, -0.25) is 4.79 Å². The van der Waals surface area contributed by atoms with E-state index < -0.39 is 0 Å². The molecule has 0 spiro atoms. The first-order chi connectivity index (χ1) is 5.65. The molecule has 71 valence electrons. The fourth-order valence-corrected chi connectivity index (χ4v) is 1.20. The summed E-state index contributed by atoms with van der Waals surface area (Å²) in [4.78, 5) is 11.0. The van der Waals surface area contributed by atoms with Crippen molar-refractivity contribution in [1.29, 1.82) is 0 Å². The molecule has 2 heteroatoms. The van der Waals surface area contributed by atoms with E-state index in [0.717, 1.165) is 12.8 Å². The lowest BCUT2D eigenvalue weighted by molar-refractivity contribution is -0.118. The zero-order valence-electron chi connectivity index (χ0n) is 8.55. The molecule has 2 unspecified atom stereocenters. The molecule has 0 aliphatic heterocycles. The third-order valence-electron chi connectivity index (χ3n) is 2.36. The molecule has 1 N–H and O–H groups in total. The fourth-order valence-electron chi connectivity index (χ4n) is 1.20. The standard InChI is InChI=1S/C10H20NO/c1-5-8(4)9(6-2)11-10(12)7-3/h7-9H,5-6H2,1-4H3,(H,11,12). The molecule has 0 aromatic rings. The number of carbonyl (C=O) groups excluding carboxylic acids is 1. The van der Waals surface area contributed by atoms with Crippen LogP contribution in [0.4, 0.5) is 0 Å². The Morgan fingerprint density at radius 3 is 2.33 bits per heavy atom. The van der Waals surface area contributed by atoms with Crippen molar-refractivity contribution < 1.29 is 4.79 Å². The molecule has 2 nitrogen and oxygen atoms in total. The van der Waals surface area contributed by atoms with Crippen LogP contribution in [0, 0.1) is 12.3 Å². The van der Waals surface area contributed by atoms with E-state index in [1.807, 2.05) is 0 Å². The van der Waals surface area contributed by atoms with Crippen molar-refractivity contribution in [3.8, 4) is 0 Å². The average Bonchev–Trinajstić information content (AvgIpc) is 2.12. The van der Waals surface area contributed by atoms with Gasteiger partial charge in [-0.1, -0.05) is 34.1 Å². The van der Waals surface area contributed by atoms with Crippen LogP contribution in [-0.2, 0) is 4.79 Å². The van der Waals surface area contributed by atoms with E-state index in [-0.39, 0.29) is 5.91 Å². The van der Waals surface area contributed by atoms with Crippen LogP contribution in [-0.4, -0.2) is 11.9 Å². The van der Waals surface area contributed by atoms with E-state index in [1.165, 1.54) is 0 Å².